The van der Waals surface area contributed by atoms with Crippen molar-refractivity contribution in [2.45, 2.75) is 13.3 Å². The SMILES string of the molecule is COc1[c-]cc(C(=O)Oc2c(C)c(F)c(F)c(F)c2F)cc1.[CH2-]CC(=O)N[C-]=O.[Li+]. The van der Waals surface area contributed by atoms with E-state index >= 15 is 0 Å². The maximum absolute atomic E-state index is 13.6. The van der Waals surface area contributed by atoms with Crippen LogP contribution < -0.4 is 33.7 Å². The number of amides is 2. The molecule has 0 aliphatic rings. The molecule has 11 heteroatoms. The Morgan fingerprint density at radius 2 is 1.73 bits per heavy atom. The molecule has 0 spiro atoms. The number of nitrogens with one attached hydrogen (secondary N) is 1. The molecule has 0 aliphatic carbocycles. The normalized spacial score (nSPS) is 9.43. The zero-order chi connectivity index (χ0) is 22.1. The third-order valence-electron chi connectivity index (χ3n) is 3.30. The number of halogens is 4. The molecule has 0 unspecified atom stereocenters. The van der Waals surface area contributed by atoms with Crippen LogP contribution in [0.4, 0.5) is 17.6 Å². The number of hydrogen-bond acceptors (Lipinski definition) is 5. The Morgan fingerprint density at radius 3 is 2.17 bits per heavy atom. The topological polar surface area (TPSA) is 81.7 Å². The van der Waals surface area contributed by atoms with E-state index in [1.54, 1.807) is 5.32 Å². The molecule has 6 nitrogen and oxygen atoms in total. The summed E-state index contributed by atoms with van der Waals surface area (Å²) < 4.78 is 62.7. The van der Waals surface area contributed by atoms with Crippen LogP contribution in [0.15, 0.2) is 18.2 Å². The minimum atomic E-state index is -2.05. The molecule has 156 valence electrons. The summed E-state index contributed by atoms with van der Waals surface area (Å²) in [6.07, 6.45) is 1.31. The van der Waals surface area contributed by atoms with E-state index in [0.717, 1.165) is 6.92 Å². The third kappa shape index (κ3) is 6.90. The van der Waals surface area contributed by atoms with Crippen LogP contribution in [-0.2, 0) is 9.59 Å². The molecule has 30 heavy (non-hydrogen) atoms. The Morgan fingerprint density at radius 1 is 1.13 bits per heavy atom. The van der Waals surface area contributed by atoms with Gasteiger partial charge in [-0.25, -0.2) is 13.2 Å². The van der Waals surface area contributed by atoms with E-state index in [2.05, 4.69) is 17.7 Å². The van der Waals surface area contributed by atoms with Gasteiger partial charge in [-0.2, -0.15) is 22.9 Å². The van der Waals surface area contributed by atoms with Gasteiger partial charge in [0.25, 0.3) is 5.97 Å². The number of imide groups is 1. The van der Waals surface area contributed by atoms with Crippen molar-refractivity contribution in [3.63, 3.8) is 0 Å². The van der Waals surface area contributed by atoms with E-state index in [4.69, 9.17) is 4.74 Å². The van der Waals surface area contributed by atoms with Crippen molar-refractivity contribution >= 4 is 18.3 Å². The van der Waals surface area contributed by atoms with Gasteiger partial charge in [-0.3, -0.25) is 4.79 Å². The van der Waals surface area contributed by atoms with Crippen molar-refractivity contribution in [2.24, 2.45) is 0 Å². The maximum atomic E-state index is 13.6. The largest absolute Gasteiger partial charge is 1.00 e. The van der Waals surface area contributed by atoms with Gasteiger partial charge >= 0.3 is 18.9 Å². The average Bonchev–Trinajstić information content (AvgIpc) is 2.74. The summed E-state index contributed by atoms with van der Waals surface area (Å²) in [5.74, 6) is -9.55. The summed E-state index contributed by atoms with van der Waals surface area (Å²) in [4.78, 5) is 31.1. The van der Waals surface area contributed by atoms with Gasteiger partial charge in [-0.05, 0) is 12.5 Å². The number of methoxy groups -OCH3 is 1. The molecule has 2 aromatic carbocycles. The van der Waals surface area contributed by atoms with E-state index in [9.17, 15) is 31.9 Å². The van der Waals surface area contributed by atoms with Crippen molar-refractivity contribution in [3.05, 3.63) is 65.6 Å². The molecule has 0 heterocycles. The third-order valence-corrected chi connectivity index (χ3v) is 3.30. The maximum Gasteiger partial charge on any atom is 1.00 e. The van der Waals surface area contributed by atoms with E-state index < -0.39 is 46.5 Å². The zero-order valence-corrected chi connectivity index (χ0v) is 16.2. The van der Waals surface area contributed by atoms with Crippen LogP contribution >= 0.6 is 0 Å². The van der Waals surface area contributed by atoms with Crippen LogP contribution in [0.3, 0.4) is 0 Å². The number of ether oxygens (including phenoxy) is 2. The second-order valence-corrected chi connectivity index (χ2v) is 5.15. The molecule has 0 atom stereocenters. The first kappa shape index (κ1) is 27.2. The summed E-state index contributed by atoms with van der Waals surface area (Å²) in [5.41, 5.74) is -0.702. The van der Waals surface area contributed by atoms with E-state index in [-0.39, 0.29) is 30.8 Å². The Balaban J connectivity index is 0.000000909. The van der Waals surface area contributed by atoms with Crippen LogP contribution in [0.2, 0.25) is 0 Å². The van der Waals surface area contributed by atoms with Crippen LogP contribution in [0.5, 0.6) is 11.5 Å². The van der Waals surface area contributed by atoms with Crippen molar-refractivity contribution in [1.82, 2.24) is 5.32 Å². The minimum Gasteiger partial charge on any atom is -0.523 e. The Labute approximate surface area is 181 Å². The van der Waals surface area contributed by atoms with Crippen molar-refractivity contribution < 1.29 is 60.3 Å². The Kier molecular flexibility index (Phi) is 11.5. The average molecular weight is 419 g/mol. The molecule has 2 amide bonds. The quantitative estimate of drug-likeness (QED) is 0.108. The van der Waals surface area contributed by atoms with Crippen molar-refractivity contribution in [1.29, 1.82) is 0 Å². The second-order valence-electron chi connectivity index (χ2n) is 5.15. The smallest absolute Gasteiger partial charge is 0.523 e. The van der Waals surface area contributed by atoms with Gasteiger partial charge in [-0.15, -0.1) is 12.1 Å². The van der Waals surface area contributed by atoms with Gasteiger partial charge in [0.2, 0.25) is 11.6 Å². The molecule has 0 bridgehead atoms. The fourth-order valence-electron chi connectivity index (χ4n) is 1.78. The van der Waals surface area contributed by atoms with Gasteiger partial charge in [0, 0.05) is 17.2 Å². The molecular weight excluding hydrogens is 405 g/mol. The summed E-state index contributed by atoms with van der Waals surface area (Å²) in [6, 6.07) is 6.48. The van der Waals surface area contributed by atoms with Crippen LogP contribution in [0.25, 0.3) is 0 Å². The van der Waals surface area contributed by atoms with Crippen molar-refractivity contribution in [2.75, 3.05) is 7.11 Å². The standard InChI is InChI=1S/C15H9F4O3.C4H5NO2.Li/c1-7-10(16)11(17)12(18)13(19)14(7)22-15(20)8-3-5-9(21-2)6-4-8;1-2-4(7)5-3-6;/h3-5H,1-2H3;1-2H2,(H,5,6,7);/q-1;-2;+1. The Bertz CT molecular complexity index is 878. The predicted molar refractivity (Wildman–Crippen MR) is 91.6 cm³/mol. The fraction of sp³-hybridized carbons (Fsp3) is 0.158. The molecule has 0 fully saturated rings. The van der Waals surface area contributed by atoms with Gasteiger partial charge in [0.05, 0.1) is 13.5 Å². The van der Waals surface area contributed by atoms with E-state index in [0.29, 0.717) is 5.75 Å². The second kappa shape index (κ2) is 12.7. The van der Waals surface area contributed by atoms with E-state index in [1.807, 2.05) is 0 Å². The first-order valence-corrected chi connectivity index (χ1v) is 7.73. The fourth-order valence-corrected chi connectivity index (χ4v) is 1.78. The van der Waals surface area contributed by atoms with Gasteiger partial charge in [0.15, 0.2) is 17.4 Å². The van der Waals surface area contributed by atoms with Crippen LogP contribution in [0.1, 0.15) is 22.3 Å². The first-order chi connectivity index (χ1) is 13.7. The number of benzene rings is 2. The van der Waals surface area contributed by atoms with Gasteiger partial charge in [-0.1, -0.05) is 0 Å². The summed E-state index contributed by atoms with van der Waals surface area (Å²) >= 11 is 0. The monoisotopic (exact) mass is 419 g/mol. The summed E-state index contributed by atoms with van der Waals surface area (Å²) in [5, 5.41) is 1.79. The number of rotatable bonds is 5. The first-order valence-electron chi connectivity index (χ1n) is 7.73. The minimum absolute atomic E-state index is 0. The predicted octanol–water partition coefficient (Wildman–Crippen LogP) is -0.0226. The number of hydrogen-bond donors (Lipinski definition) is 1. The zero-order valence-electron chi connectivity index (χ0n) is 16.2. The molecule has 0 saturated carbocycles. The molecule has 0 aromatic heterocycles. The molecule has 2 rings (SSSR count). The molecular formula is C19H14F4LiNO5-2. The number of carbonyl (C=O) groups excluding carboxylic acids is 3. The van der Waals surface area contributed by atoms with Crippen molar-refractivity contribution in [3.8, 4) is 11.5 Å². The summed E-state index contributed by atoms with van der Waals surface area (Å²) in [7, 11) is 1.40. The van der Waals surface area contributed by atoms with Gasteiger partial charge in [0.1, 0.15) is 0 Å². The number of carbonyl (C=O) groups is 2. The summed E-state index contributed by atoms with van der Waals surface area (Å²) in [6.45, 7) is 4.18. The molecule has 0 saturated heterocycles. The van der Waals surface area contributed by atoms with Gasteiger partial charge < -0.3 is 31.3 Å². The number of esters is 1. The van der Waals surface area contributed by atoms with Crippen LogP contribution in [0, 0.1) is 43.2 Å². The molecule has 0 radical (unpaired) electrons. The molecule has 2 aromatic rings. The van der Waals surface area contributed by atoms with E-state index in [1.165, 1.54) is 31.7 Å². The molecule has 0 aliphatic heterocycles. The molecule has 1 N–H and O–H groups in total. The Hall–Kier alpha value is -2.83. The van der Waals surface area contributed by atoms with Crippen LogP contribution in [-0.4, -0.2) is 25.4 Å².